The Kier molecular flexibility index (Phi) is 5.40. The molecule has 0 aromatic heterocycles. The number of rotatable bonds is 5. The Hall–Kier alpha value is -2.73. The zero-order valence-corrected chi connectivity index (χ0v) is 14.3. The highest BCUT2D eigenvalue weighted by Gasteiger charge is 2.21. The molecule has 1 saturated heterocycles. The maximum Gasteiger partial charge on any atom is 0.321 e. The fourth-order valence-electron chi connectivity index (χ4n) is 2.62. The van der Waals surface area contributed by atoms with Crippen molar-refractivity contribution in [2.45, 2.75) is 6.42 Å². The fourth-order valence-corrected chi connectivity index (χ4v) is 2.74. The number of hydrogen-bond donors (Lipinski definition) is 3. The van der Waals surface area contributed by atoms with E-state index in [0.29, 0.717) is 30.3 Å². The van der Waals surface area contributed by atoms with Crippen LogP contribution in [0.3, 0.4) is 0 Å². The van der Waals surface area contributed by atoms with Gasteiger partial charge >= 0.3 is 12.1 Å². The Morgan fingerprint density at radius 2 is 2.00 bits per heavy atom. The minimum absolute atomic E-state index is 0.121. The second kappa shape index (κ2) is 7.90. The molecular weight excluding hydrogens is 340 g/mol. The molecule has 130 valence electrons. The second-order valence-electron chi connectivity index (χ2n) is 5.69. The summed E-state index contributed by atoms with van der Waals surface area (Å²) < 4.78 is 0. The molecule has 7 heteroatoms. The van der Waals surface area contributed by atoms with E-state index in [1.807, 2.05) is 36.4 Å². The van der Waals surface area contributed by atoms with E-state index in [4.69, 9.17) is 11.6 Å². The summed E-state index contributed by atoms with van der Waals surface area (Å²) in [5.41, 5.74) is 2.50. The highest BCUT2D eigenvalue weighted by molar-refractivity contribution is 6.30. The van der Waals surface area contributed by atoms with Crippen LogP contribution in [-0.4, -0.2) is 31.7 Å². The Morgan fingerprint density at radius 1 is 1.20 bits per heavy atom. The van der Waals surface area contributed by atoms with Crippen molar-refractivity contribution in [3.05, 3.63) is 59.1 Å². The molecule has 3 N–H and O–H groups in total. The van der Waals surface area contributed by atoms with Crippen molar-refractivity contribution in [1.29, 1.82) is 0 Å². The van der Waals surface area contributed by atoms with Crippen molar-refractivity contribution in [3.63, 3.8) is 0 Å². The highest BCUT2D eigenvalue weighted by atomic mass is 35.5. The quantitative estimate of drug-likeness (QED) is 0.767. The van der Waals surface area contributed by atoms with Crippen LogP contribution in [-0.2, 0) is 6.42 Å². The second-order valence-corrected chi connectivity index (χ2v) is 6.13. The van der Waals surface area contributed by atoms with Crippen LogP contribution in [0.25, 0.3) is 0 Å². The Labute approximate surface area is 151 Å². The SMILES string of the molecule is O=C(NCCc1ccc(Cl)cc1)Nc1cccc(N2CCNC2=O)c1. The van der Waals surface area contributed by atoms with Gasteiger partial charge in [-0.3, -0.25) is 4.90 Å². The lowest BCUT2D eigenvalue weighted by atomic mass is 10.1. The maximum atomic E-state index is 12.0. The van der Waals surface area contributed by atoms with Gasteiger partial charge in [0.15, 0.2) is 0 Å². The first-order chi connectivity index (χ1) is 12.1. The molecule has 1 fully saturated rings. The van der Waals surface area contributed by atoms with Crippen molar-refractivity contribution in [1.82, 2.24) is 10.6 Å². The molecule has 0 aliphatic carbocycles. The van der Waals surface area contributed by atoms with Crippen LogP contribution < -0.4 is 20.9 Å². The number of nitrogens with one attached hydrogen (secondary N) is 3. The van der Waals surface area contributed by atoms with Crippen LogP contribution in [0.4, 0.5) is 21.0 Å². The molecule has 25 heavy (non-hydrogen) atoms. The third-order valence-corrected chi connectivity index (χ3v) is 4.14. The summed E-state index contributed by atoms with van der Waals surface area (Å²) >= 11 is 5.85. The van der Waals surface area contributed by atoms with Crippen LogP contribution in [0.2, 0.25) is 5.02 Å². The van der Waals surface area contributed by atoms with E-state index in [-0.39, 0.29) is 12.1 Å². The molecule has 0 bridgehead atoms. The molecule has 1 aliphatic heterocycles. The van der Waals surface area contributed by atoms with Gasteiger partial charge in [0.1, 0.15) is 0 Å². The molecule has 1 aliphatic rings. The fraction of sp³-hybridized carbons (Fsp3) is 0.222. The molecule has 2 aromatic carbocycles. The number of carbonyl (C=O) groups excluding carboxylic acids is 2. The van der Waals surface area contributed by atoms with Crippen molar-refractivity contribution in [2.75, 3.05) is 29.9 Å². The van der Waals surface area contributed by atoms with Gasteiger partial charge in [-0.1, -0.05) is 29.8 Å². The van der Waals surface area contributed by atoms with Crippen molar-refractivity contribution in [2.24, 2.45) is 0 Å². The van der Waals surface area contributed by atoms with Gasteiger partial charge in [0.05, 0.1) is 0 Å². The molecule has 2 aromatic rings. The number of hydrogen-bond acceptors (Lipinski definition) is 2. The molecule has 3 rings (SSSR count). The Bertz CT molecular complexity index is 764. The van der Waals surface area contributed by atoms with E-state index in [2.05, 4.69) is 16.0 Å². The minimum atomic E-state index is -0.281. The van der Waals surface area contributed by atoms with Gasteiger partial charge in [0.2, 0.25) is 0 Å². The number of urea groups is 2. The van der Waals surface area contributed by atoms with Crippen molar-refractivity contribution < 1.29 is 9.59 Å². The lowest BCUT2D eigenvalue weighted by Crippen LogP contribution is -2.31. The first kappa shape index (κ1) is 17.1. The summed E-state index contributed by atoms with van der Waals surface area (Å²) in [5.74, 6) is 0. The van der Waals surface area contributed by atoms with Gasteiger partial charge < -0.3 is 16.0 Å². The summed E-state index contributed by atoms with van der Waals surface area (Å²) in [4.78, 5) is 25.4. The molecule has 0 radical (unpaired) electrons. The number of nitrogens with zero attached hydrogens (tertiary/aromatic N) is 1. The number of halogens is 1. The smallest absolute Gasteiger partial charge is 0.321 e. The zero-order valence-electron chi connectivity index (χ0n) is 13.6. The first-order valence-electron chi connectivity index (χ1n) is 8.06. The molecular formula is C18H19ClN4O2. The van der Waals surface area contributed by atoms with Crippen LogP contribution >= 0.6 is 11.6 Å². The van der Waals surface area contributed by atoms with Gasteiger partial charge in [0, 0.05) is 36.0 Å². The summed E-state index contributed by atoms with van der Waals surface area (Å²) in [6, 6.07) is 14.4. The lowest BCUT2D eigenvalue weighted by Gasteiger charge is -2.15. The topological polar surface area (TPSA) is 73.5 Å². The normalized spacial score (nSPS) is 13.5. The molecule has 1 heterocycles. The number of benzene rings is 2. The molecule has 0 atom stereocenters. The monoisotopic (exact) mass is 358 g/mol. The summed E-state index contributed by atoms with van der Waals surface area (Å²) in [7, 11) is 0. The van der Waals surface area contributed by atoms with E-state index in [1.165, 1.54) is 0 Å². The van der Waals surface area contributed by atoms with Crippen LogP contribution in [0.1, 0.15) is 5.56 Å². The first-order valence-corrected chi connectivity index (χ1v) is 8.44. The molecule has 4 amide bonds. The number of anilines is 2. The summed E-state index contributed by atoms with van der Waals surface area (Å²) in [6.45, 7) is 1.76. The number of carbonyl (C=O) groups is 2. The molecule has 0 spiro atoms. The summed E-state index contributed by atoms with van der Waals surface area (Å²) in [5, 5.41) is 9.05. The lowest BCUT2D eigenvalue weighted by molar-refractivity contribution is 0.251. The predicted octanol–water partition coefficient (Wildman–Crippen LogP) is 3.23. The van der Waals surface area contributed by atoms with Crippen molar-refractivity contribution >= 4 is 35.0 Å². The highest BCUT2D eigenvalue weighted by Crippen LogP contribution is 2.20. The van der Waals surface area contributed by atoms with E-state index < -0.39 is 0 Å². The minimum Gasteiger partial charge on any atom is -0.338 e. The Balaban J connectivity index is 1.50. The molecule has 0 saturated carbocycles. The van der Waals surface area contributed by atoms with E-state index >= 15 is 0 Å². The standard InChI is InChI=1S/C18H19ClN4O2/c19-14-6-4-13(5-7-14)8-9-20-17(24)22-15-2-1-3-16(12-15)23-11-10-21-18(23)25/h1-7,12H,8-11H2,(H,21,25)(H2,20,22,24). The summed E-state index contributed by atoms with van der Waals surface area (Å²) in [6.07, 6.45) is 0.721. The zero-order chi connectivity index (χ0) is 17.6. The van der Waals surface area contributed by atoms with Gasteiger partial charge in [-0.2, -0.15) is 0 Å². The van der Waals surface area contributed by atoms with E-state index in [1.54, 1.807) is 17.0 Å². The average molecular weight is 359 g/mol. The molecule has 0 unspecified atom stereocenters. The van der Waals surface area contributed by atoms with Gasteiger partial charge in [-0.25, -0.2) is 9.59 Å². The van der Waals surface area contributed by atoms with E-state index in [0.717, 1.165) is 17.7 Å². The average Bonchev–Trinajstić information content (AvgIpc) is 3.03. The van der Waals surface area contributed by atoms with Crippen LogP contribution in [0.5, 0.6) is 0 Å². The third-order valence-electron chi connectivity index (χ3n) is 3.88. The largest absolute Gasteiger partial charge is 0.338 e. The van der Waals surface area contributed by atoms with Gasteiger partial charge in [0.25, 0.3) is 0 Å². The third kappa shape index (κ3) is 4.64. The van der Waals surface area contributed by atoms with E-state index in [9.17, 15) is 9.59 Å². The predicted molar refractivity (Wildman–Crippen MR) is 99.4 cm³/mol. The Morgan fingerprint density at radius 3 is 2.72 bits per heavy atom. The number of amides is 4. The van der Waals surface area contributed by atoms with Crippen LogP contribution in [0.15, 0.2) is 48.5 Å². The van der Waals surface area contributed by atoms with Gasteiger partial charge in [-0.15, -0.1) is 0 Å². The van der Waals surface area contributed by atoms with Crippen LogP contribution in [0, 0.1) is 0 Å². The van der Waals surface area contributed by atoms with Gasteiger partial charge in [-0.05, 0) is 42.3 Å². The molecule has 6 nitrogen and oxygen atoms in total. The maximum absolute atomic E-state index is 12.0. The van der Waals surface area contributed by atoms with Crippen molar-refractivity contribution in [3.8, 4) is 0 Å².